The fourth-order valence-electron chi connectivity index (χ4n) is 3.08. The van der Waals surface area contributed by atoms with E-state index in [0.717, 1.165) is 38.2 Å². The number of carboxylic acid groups (broad SMARTS) is 1. The highest BCUT2D eigenvalue weighted by molar-refractivity contribution is 6.18. The Morgan fingerprint density at radius 3 is 2.00 bits per heavy atom. The molecule has 0 saturated heterocycles. The smallest absolute Gasteiger partial charge is 0.336 e. The van der Waals surface area contributed by atoms with Crippen molar-refractivity contribution < 1.29 is 19.7 Å². The first-order valence-electron chi connectivity index (χ1n) is 8.65. The zero-order chi connectivity index (χ0) is 19.9. The van der Waals surface area contributed by atoms with E-state index in [1.165, 1.54) is 19.1 Å². The molecule has 1 aromatic rings. The molecule has 0 radical (unpaired) electrons. The molecule has 0 aliphatic rings. The molecule has 0 aliphatic heterocycles. The lowest BCUT2D eigenvalue weighted by molar-refractivity contribution is -0.394. The van der Waals surface area contributed by atoms with E-state index in [1.807, 2.05) is 13.8 Å². The van der Waals surface area contributed by atoms with Crippen LogP contribution < -0.4 is 0 Å². The van der Waals surface area contributed by atoms with Crippen molar-refractivity contribution in [2.45, 2.75) is 58.8 Å². The Morgan fingerprint density at radius 1 is 1.12 bits per heavy atom. The van der Waals surface area contributed by atoms with E-state index < -0.39 is 38.3 Å². The van der Waals surface area contributed by atoms with E-state index in [-0.39, 0.29) is 5.92 Å². The minimum Gasteiger partial charge on any atom is -0.478 e. The Bertz CT molecular complexity index is 691. The number of rotatable bonds is 10. The molecular weight excluding hydrogens is 340 g/mol. The number of hydrogen-bond acceptors (Lipinski definition) is 5. The molecule has 0 heterocycles. The third kappa shape index (κ3) is 4.87. The number of allylic oxidation sites excluding steroid dienone is 1. The topological polar surface area (TPSA) is 124 Å². The molecule has 0 spiro atoms. The van der Waals surface area contributed by atoms with E-state index in [9.17, 15) is 30.1 Å². The third-order valence-corrected chi connectivity index (χ3v) is 4.32. The van der Waals surface area contributed by atoms with Gasteiger partial charge in [-0.1, -0.05) is 39.2 Å². The summed E-state index contributed by atoms with van der Waals surface area (Å²) in [5.74, 6) is -1.48. The highest BCUT2D eigenvalue weighted by atomic mass is 16.6. The minimum atomic E-state index is -1.44. The van der Waals surface area contributed by atoms with Crippen molar-refractivity contribution in [1.82, 2.24) is 0 Å². The minimum absolute atomic E-state index is 0.0368. The van der Waals surface area contributed by atoms with Crippen LogP contribution in [0.1, 0.15) is 69.9 Å². The molecule has 0 bridgehead atoms. The highest BCUT2D eigenvalue weighted by Crippen LogP contribution is 2.40. The molecule has 1 unspecified atom stereocenters. The molecule has 0 amide bonds. The number of hydrogen-bond donors (Lipinski definition) is 1. The highest BCUT2D eigenvalue weighted by Gasteiger charge is 2.33. The van der Waals surface area contributed by atoms with Crippen LogP contribution in [0.4, 0.5) is 11.4 Å². The molecule has 0 fully saturated rings. The van der Waals surface area contributed by atoms with Gasteiger partial charge in [-0.05, 0) is 31.2 Å². The molecule has 1 rings (SSSR count). The number of nitro groups is 2. The average molecular weight is 364 g/mol. The molecule has 0 aliphatic carbocycles. The van der Waals surface area contributed by atoms with Gasteiger partial charge in [0.15, 0.2) is 0 Å². The van der Waals surface area contributed by atoms with Gasteiger partial charge in [0.1, 0.15) is 5.56 Å². The lowest BCUT2D eigenvalue weighted by Gasteiger charge is -2.17. The van der Waals surface area contributed by atoms with E-state index >= 15 is 0 Å². The average Bonchev–Trinajstić information content (AvgIpc) is 2.58. The second-order valence-electron chi connectivity index (χ2n) is 6.08. The Kier molecular flexibility index (Phi) is 7.89. The molecule has 8 heteroatoms. The molecule has 1 atom stereocenters. The predicted octanol–water partition coefficient (Wildman–Crippen LogP) is 5.06. The van der Waals surface area contributed by atoms with Gasteiger partial charge in [0, 0.05) is 12.1 Å². The van der Waals surface area contributed by atoms with Crippen LogP contribution in [0, 0.1) is 20.2 Å². The molecule has 26 heavy (non-hydrogen) atoms. The summed E-state index contributed by atoms with van der Waals surface area (Å²) in [6.45, 7) is 5.40. The molecule has 1 aromatic carbocycles. The molecular formula is C18H24N2O6. The van der Waals surface area contributed by atoms with Crippen LogP contribution in [0.5, 0.6) is 0 Å². The maximum atomic E-state index is 11.5. The van der Waals surface area contributed by atoms with Gasteiger partial charge in [-0.3, -0.25) is 20.2 Å². The molecule has 0 saturated carbocycles. The lowest BCUT2D eigenvalue weighted by Crippen LogP contribution is -2.09. The fourth-order valence-corrected chi connectivity index (χ4v) is 3.08. The molecule has 1 N–H and O–H groups in total. The van der Waals surface area contributed by atoms with Gasteiger partial charge in [0.2, 0.25) is 0 Å². The first-order valence-corrected chi connectivity index (χ1v) is 8.65. The lowest BCUT2D eigenvalue weighted by atomic mass is 9.87. The van der Waals surface area contributed by atoms with Gasteiger partial charge in [0.25, 0.3) is 11.4 Å². The Hall–Kier alpha value is -2.77. The van der Waals surface area contributed by atoms with Crippen LogP contribution in [-0.2, 0) is 4.79 Å². The zero-order valence-electron chi connectivity index (χ0n) is 15.2. The first-order chi connectivity index (χ1) is 12.3. The van der Waals surface area contributed by atoms with Gasteiger partial charge in [0.05, 0.1) is 15.4 Å². The van der Waals surface area contributed by atoms with E-state index in [1.54, 1.807) is 0 Å². The standard InChI is InChI=1S/C18H24N2O6/c1-4-7-9-12(8-5-2)13-10-15(19(23)24)17(14(6-3)18(21)22)16(11-13)20(25)26/h6,10-12H,4-5,7-9H2,1-3H3,(H,21,22)/b14-6+. The number of aliphatic carboxylic acids is 1. The monoisotopic (exact) mass is 364 g/mol. The summed E-state index contributed by atoms with van der Waals surface area (Å²) in [4.78, 5) is 33.0. The van der Waals surface area contributed by atoms with Gasteiger partial charge in [-0.25, -0.2) is 4.79 Å². The summed E-state index contributed by atoms with van der Waals surface area (Å²) in [6, 6.07) is 2.59. The summed E-state index contributed by atoms with van der Waals surface area (Å²) < 4.78 is 0. The number of nitrogens with zero attached hydrogens (tertiary/aromatic N) is 2. The normalized spacial score (nSPS) is 12.7. The van der Waals surface area contributed by atoms with E-state index in [2.05, 4.69) is 0 Å². The summed E-state index contributed by atoms with van der Waals surface area (Å²) in [7, 11) is 0. The Labute approximate surface area is 151 Å². The van der Waals surface area contributed by atoms with Crippen molar-refractivity contribution in [2.75, 3.05) is 0 Å². The van der Waals surface area contributed by atoms with Crippen LogP contribution in [-0.4, -0.2) is 20.9 Å². The van der Waals surface area contributed by atoms with Crippen LogP contribution >= 0.6 is 0 Å². The van der Waals surface area contributed by atoms with Gasteiger partial charge >= 0.3 is 5.97 Å². The van der Waals surface area contributed by atoms with Crippen molar-refractivity contribution in [3.8, 4) is 0 Å². The fraction of sp³-hybridized carbons (Fsp3) is 0.500. The number of carbonyl (C=O) groups is 1. The number of nitro benzene ring substituents is 2. The largest absolute Gasteiger partial charge is 0.478 e. The summed E-state index contributed by atoms with van der Waals surface area (Å²) in [6.07, 6.45) is 5.36. The molecule has 142 valence electrons. The Balaban J connectivity index is 3.71. The zero-order valence-corrected chi connectivity index (χ0v) is 15.2. The second-order valence-corrected chi connectivity index (χ2v) is 6.08. The van der Waals surface area contributed by atoms with Crippen molar-refractivity contribution in [1.29, 1.82) is 0 Å². The summed E-state index contributed by atoms with van der Waals surface area (Å²) >= 11 is 0. The van der Waals surface area contributed by atoms with Gasteiger partial charge in [-0.2, -0.15) is 0 Å². The van der Waals surface area contributed by atoms with Gasteiger partial charge in [-0.15, -0.1) is 0 Å². The Morgan fingerprint density at radius 2 is 1.65 bits per heavy atom. The van der Waals surface area contributed by atoms with E-state index in [4.69, 9.17) is 0 Å². The van der Waals surface area contributed by atoms with Crippen molar-refractivity contribution in [3.05, 3.63) is 49.6 Å². The SMILES string of the molecule is C/C=C(/C(=O)O)c1c([N+](=O)[O-])cc(C(CCC)CCCC)cc1[N+](=O)[O-]. The van der Waals surface area contributed by atoms with Crippen molar-refractivity contribution >= 4 is 22.9 Å². The van der Waals surface area contributed by atoms with Crippen LogP contribution in [0.3, 0.4) is 0 Å². The van der Waals surface area contributed by atoms with Crippen LogP contribution in [0.2, 0.25) is 0 Å². The maximum Gasteiger partial charge on any atom is 0.336 e. The van der Waals surface area contributed by atoms with Crippen molar-refractivity contribution in [3.63, 3.8) is 0 Å². The van der Waals surface area contributed by atoms with Crippen LogP contribution in [0.15, 0.2) is 18.2 Å². The first kappa shape index (κ1) is 21.3. The predicted molar refractivity (Wildman–Crippen MR) is 98.2 cm³/mol. The second kappa shape index (κ2) is 9.65. The van der Waals surface area contributed by atoms with Gasteiger partial charge < -0.3 is 5.11 Å². The summed E-state index contributed by atoms with van der Waals surface area (Å²) in [5.41, 5.74) is -1.46. The number of carboxylic acids is 1. The molecule has 0 aromatic heterocycles. The third-order valence-electron chi connectivity index (χ3n) is 4.32. The maximum absolute atomic E-state index is 11.5. The van der Waals surface area contributed by atoms with E-state index in [0.29, 0.717) is 5.56 Å². The summed E-state index contributed by atoms with van der Waals surface area (Å²) in [5, 5.41) is 32.4. The van der Waals surface area contributed by atoms with Crippen LogP contribution in [0.25, 0.3) is 5.57 Å². The quantitative estimate of drug-likeness (QED) is 0.351. The number of benzene rings is 1. The van der Waals surface area contributed by atoms with Crippen molar-refractivity contribution in [2.24, 2.45) is 0 Å². The number of unbranched alkanes of at least 4 members (excludes halogenated alkanes) is 1. The molecule has 8 nitrogen and oxygen atoms in total.